The van der Waals surface area contributed by atoms with Crippen molar-refractivity contribution in [1.82, 2.24) is 0 Å². The van der Waals surface area contributed by atoms with E-state index in [0.717, 1.165) is 6.42 Å². The zero-order chi connectivity index (χ0) is 40.1. The molecule has 0 spiro atoms. The van der Waals surface area contributed by atoms with Gasteiger partial charge in [-0.15, -0.1) is 0 Å². The van der Waals surface area contributed by atoms with Gasteiger partial charge < -0.3 is 0 Å². The topological polar surface area (TPSA) is 0 Å². The Morgan fingerprint density at radius 2 is 1.14 bits per heavy atom. The predicted molar refractivity (Wildman–Crippen MR) is 244 cm³/mol. The van der Waals surface area contributed by atoms with Gasteiger partial charge in [0, 0.05) is 0 Å². The quantitative estimate of drug-likeness (QED) is 0.150. The van der Waals surface area contributed by atoms with Crippen LogP contribution in [0.15, 0.2) is 205 Å². The fraction of sp³-hybridized carbons (Fsp3) is 0.175. The number of allylic oxidation sites excluding steroid dienone is 8. The van der Waals surface area contributed by atoms with Gasteiger partial charge in [-0.1, -0.05) is 0 Å². The van der Waals surface area contributed by atoms with Crippen LogP contribution in [0.5, 0.6) is 0 Å². The van der Waals surface area contributed by atoms with Gasteiger partial charge in [0.25, 0.3) is 0 Å². The molecular formula is C57H51Zr. The normalized spacial score (nSPS) is 17.4. The van der Waals surface area contributed by atoms with Crippen LogP contribution in [0, 0.1) is 5.41 Å². The van der Waals surface area contributed by atoms with E-state index in [0.29, 0.717) is 0 Å². The maximum absolute atomic E-state index is 2.65. The van der Waals surface area contributed by atoms with Crippen LogP contribution in [-0.2, 0) is 33.6 Å². The second kappa shape index (κ2) is 15.2. The molecule has 0 heterocycles. The molecular weight excluding hydrogens is 776 g/mol. The third kappa shape index (κ3) is 6.53. The average Bonchev–Trinajstić information content (AvgIpc) is 3.89. The van der Waals surface area contributed by atoms with E-state index in [1.807, 2.05) is 0 Å². The van der Waals surface area contributed by atoms with Crippen LogP contribution in [0.2, 0.25) is 0 Å². The SMILES string of the molecule is CC(C)(C)c1cc(-c2ccccc2)c2c(c1)=[C]([Zr]=[C](c1ccccc1)c1ccccc1)C1=C(C3=CC=CC3)C(c3ccccc3)(C(C)(C)C)C(c3ccccc3)=CC=21. The molecule has 6 aromatic rings. The van der Waals surface area contributed by atoms with Crippen LogP contribution in [0.25, 0.3) is 25.6 Å². The Morgan fingerprint density at radius 3 is 1.66 bits per heavy atom. The third-order valence-corrected chi connectivity index (χ3v) is 16.3. The number of hydrogen-bond acceptors (Lipinski definition) is 0. The van der Waals surface area contributed by atoms with Crippen LogP contribution in [0.3, 0.4) is 0 Å². The number of benzene rings is 6. The average molecular weight is 827 g/mol. The summed E-state index contributed by atoms with van der Waals surface area (Å²) >= 11 is -1.59. The van der Waals surface area contributed by atoms with Gasteiger partial charge in [-0.25, -0.2) is 0 Å². The molecule has 3 aliphatic rings. The first-order valence-corrected chi connectivity index (χ1v) is 23.2. The van der Waals surface area contributed by atoms with E-state index >= 15 is 0 Å². The third-order valence-electron chi connectivity index (χ3n) is 12.3. The van der Waals surface area contributed by atoms with Crippen LogP contribution in [0.1, 0.15) is 75.8 Å². The van der Waals surface area contributed by atoms with Gasteiger partial charge in [0.2, 0.25) is 0 Å². The standard InChI is InChI=1S/C44H41.C13H10.Zr/c1-42(2,3)35-26-33-27-38-37(40(33)36(28-35)30-18-10-7-11-19-30)29-39(31-20-12-8-13-21-31)44(43(4,5)6,34-24-14-9-15-25-34)41(38)32-22-16-17-23-32;1-3-7-12(8-4-1)11-13-9-5-2-6-10-13;/h7-22,24-26,28-29H,23H2,1-6H3;1-10H;. The van der Waals surface area contributed by atoms with E-state index in [4.69, 9.17) is 0 Å². The number of fused-ring (bicyclic) bond motifs is 2. The first-order valence-electron chi connectivity index (χ1n) is 20.8. The Hall–Kier alpha value is -5.23. The van der Waals surface area contributed by atoms with E-state index in [-0.39, 0.29) is 10.8 Å². The molecule has 0 saturated carbocycles. The second-order valence-electron chi connectivity index (χ2n) is 17.9. The van der Waals surface area contributed by atoms with Gasteiger partial charge in [-0.05, 0) is 0 Å². The Balaban J connectivity index is 1.58. The molecule has 3 aliphatic carbocycles. The van der Waals surface area contributed by atoms with Crippen molar-refractivity contribution in [1.29, 1.82) is 0 Å². The molecule has 58 heavy (non-hydrogen) atoms. The van der Waals surface area contributed by atoms with Crippen LogP contribution in [0.4, 0.5) is 0 Å². The first-order chi connectivity index (χ1) is 28.1. The molecule has 6 aromatic carbocycles. The molecule has 0 aromatic heterocycles. The summed E-state index contributed by atoms with van der Waals surface area (Å²) in [6, 6.07) is 61.5. The van der Waals surface area contributed by atoms with Crippen molar-refractivity contribution in [3.05, 3.63) is 243 Å². The van der Waals surface area contributed by atoms with E-state index in [1.54, 1.807) is 3.28 Å². The molecule has 1 unspecified atom stereocenters. The summed E-state index contributed by atoms with van der Waals surface area (Å²) in [7, 11) is 0. The molecule has 0 radical (unpaired) electrons. The van der Waals surface area contributed by atoms with Crippen LogP contribution in [-0.4, -0.2) is 3.21 Å². The number of hydrogen-bond donors (Lipinski definition) is 0. The molecule has 0 fully saturated rings. The van der Waals surface area contributed by atoms with Crippen molar-refractivity contribution in [2.45, 2.75) is 58.8 Å². The maximum atomic E-state index is 2.65. The zero-order valence-corrected chi connectivity index (χ0v) is 37.1. The van der Waals surface area contributed by atoms with E-state index < -0.39 is 28.2 Å². The monoisotopic (exact) mass is 825 g/mol. The fourth-order valence-corrected chi connectivity index (χ4v) is 13.6. The van der Waals surface area contributed by atoms with Crippen molar-refractivity contribution in [2.75, 3.05) is 0 Å². The summed E-state index contributed by atoms with van der Waals surface area (Å²) in [5.41, 5.74) is 15.7. The van der Waals surface area contributed by atoms with Gasteiger partial charge in [-0.3, -0.25) is 0 Å². The van der Waals surface area contributed by atoms with Crippen molar-refractivity contribution in [3.63, 3.8) is 0 Å². The zero-order valence-electron chi connectivity index (χ0n) is 34.6. The van der Waals surface area contributed by atoms with Crippen molar-refractivity contribution in [3.8, 4) is 11.1 Å². The summed E-state index contributed by atoms with van der Waals surface area (Å²) in [5, 5.41) is 2.82. The van der Waals surface area contributed by atoms with E-state index in [2.05, 4.69) is 230 Å². The molecule has 0 saturated heterocycles. The Bertz CT molecular complexity index is 2760. The summed E-state index contributed by atoms with van der Waals surface area (Å²) in [6.45, 7) is 14.5. The molecule has 1 heteroatoms. The molecule has 0 amide bonds. The minimum absolute atomic E-state index is 0.0438. The summed E-state index contributed by atoms with van der Waals surface area (Å²) in [6.07, 6.45) is 10.7. The van der Waals surface area contributed by atoms with Gasteiger partial charge in [-0.2, -0.15) is 0 Å². The van der Waals surface area contributed by atoms with Crippen LogP contribution < -0.4 is 10.4 Å². The van der Waals surface area contributed by atoms with Gasteiger partial charge in [0.15, 0.2) is 0 Å². The predicted octanol–water partition coefficient (Wildman–Crippen LogP) is 12.5. The number of rotatable bonds is 7. The van der Waals surface area contributed by atoms with Crippen molar-refractivity contribution in [2.24, 2.45) is 5.41 Å². The molecule has 283 valence electrons. The first kappa shape index (κ1) is 38.3. The fourth-order valence-electron chi connectivity index (χ4n) is 9.71. The van der Waals surface area contributed by atoms with Crippen molar-refractivity contribution < 1.29 is 22.8 Å². The van der Waals surface area contributed by atoms with E-state index in [1.165, 1.54) is 80.5 Å². The Kier molecular flexibility index (Phi) is 10.0. The molecule has 0 bridgehead atoms. The molecule has 0 nitrogen and oxygen atoms in total. The Morgan fingerprint density at radius 1 is 0.603 bits per heavy atom. The van der Waals surface area contributed by atoms with Gasteiger partial charge in [0.1, 0.15) is 0 Å². The molecule has 1 atom stereocenters. The van der Waals surface area contributed by atoms with Crippen molar-refractivity contribution >= 4 is 17.6 Å². The molecule has 0 aliphatic heterocycles. The van der Waals surface area contributed by atoms with Gasteiger partial charge >= 0.3 is 359 Å². The summed E-state index contributed by atoms with van der Waals surface area (Å²) < 4.78 is 3.09. The summed E-state index contributed by atoms with van der Waals surface area (Å²) in [5.74, 6) is 0. The summed E-state index contributed by atoms with van der Waals surface area (Å²) in [4.78, 5) is 0. The Labute approximate surface area is 356 Å². The molecule has 9 rings (SSSR count). The van der Waals surface area contributed by atoms with Crippen LogP contribution >= 0.6 is 0 Å². The van der Waals surface area contributed by atoms with Gasteiger partial charge in [0.05, 0.1) is 0 Å². The van der Waals surface area contributed by atoms with E-state index in [9.17, 15) is 0 Å². The second-order valence-corrected chi connectivity index (χ2v) is 21.0. The minimum atomic E-state index is -1.59. The molecule has 0 N–H and O–H groups in total.